The van der Waals surface area contributed by atoms with E-state index < -0.39 is 6.10 Å². The first-order chi connectivity index (χ1) is 17.1. The molecule has 1 aromatic heterocycles. The number of hydrogen-bond donors (Lipinski definition) is 1. The monoisotopic (exact) mass is 495 g/mol. The van der Waals surface area contributed by atoms with Crippen LogP contribution in [0, 0.1) is 0 Å². The number of aryl methyl sites for hydroxylation is 1. The summed E-state index contributed by atoms with van der Waals surface area (Å²) in [5.41, 5.74) is 2.61. The van der Waals surface area contributed by atoms with E-state index >= 15 is 0 Å². The lowest BCUT2D eigenvalue weighted by molar-refractivity contribution is -0.0587. The fraction of sp³-hybridized carbons (Fsp3) is 0.483. The van der Waals surface area contributed by atoms with Gasteiger partial charge in [0, 0.05) is 19.1 Å². The highest BCUT2D eigenvalue weighted by molar-refractivity contribution is 5.44. The van der Waals surface area contributed by atoms with Crippen molar-refractivity contribution in [2.75, 3.05) is 20.3 Å². The van der Waals surface area contributed by atoms with Gasteiger partial charge in [-0.15, -0.1) is 0 Å². The number of aromatic nitrogens is 2. The van der Waals surface area contributed by atoms with Crippen LogP contribution in [-0.2, 0) is 17.7 Å². The zero-order valence-electron chi connectivity index (χ0n) is 22.7. The molecule has 1 atom stereocenters. The molecule has 0 bridgehead atoms. The second-order valence-electron chi connectivity index (χ2n) is 10.2. The molecule has 0 amide bonds. The summed E-state index contributed by atoms with van der Waals surface area (Å²) in [7, 11) is 1.65. The van der Waals surface area contributed by atoms with Gasteiger partial charge in [0.05, 0.1) is 42.4 Å². The molecule has 1 N–H and O–H groups in total. The highest BCUT2D eigenvalue weighted by Gasteiger charge is 2.25. The molecule has 0 aliphatic rings. The Bertz CT molecular complexity index is 1070. The highest BCUT2D eigenvalue weighted by Crippen LogP contribution is 2.33. The van der Waals surface area contributed by atoms with Crippen LogP contribution in [0.25, 0.3) is 5.69 Å². The molecule has 2 aromatic carbocycles. The Labute approximate surface area is 215 Å². The van der Waals surface area contributed by atoms with Crippen LogP contribution >= 0.6 is 0 Å². The summed E-state index contributed by atoms with van der Waals surface area (Å²) in [6, 6.07) is 17.8. The highest BCUT2D eigenvalue weighted by atomic mass is 16.5. The van der Waals surface area contributed by atoms with Crippen molar-refractivity contribution in [1.29, 1.82) is 0 Å². The third-order valence-corrected chi connectivity index (χ3v) is 5.87. The van der Waals surface area contributed by atoms with Gasteiger partial charge >= 0.3 is 0 Å². The number of ether oxygens (including phenoxy) is 3. The number of nitrogens with zero attached hydrogens (tertiary/aromatic N) is 3. The second kappa shape index (κ2) is 12.4. The molecule has 36 heavy (non-hydrogen) atoms. The molecular weight excluding hydrogens is 454 g/mol. The van der Waals surface area contributed by atoms with Crippen LogP contribution < -0.4 is 9.47 Å². The zero-order chi connectivity index (χ0) is 26.3. The molecule has 0 aliphatic carbocycles. The molecule has 0 saturated carbocycles. The van der Waals surface area contributed by atoms with Crippen LogP contribution in [0.5, 0.6) is 17.4 Å². The minimum Gasteiger partial charge on any atom is -0.497 e. The largest absolute Gasteiger partial charge is 0.497 e. The van der Waals surface area contributed by atoms with E-state index in [1.54, 1.807) is 7.11 Å². The van der Waals surface area contributed by atoms with Crippen molar-refractivity contribution in [2.45, 2.75) is 72.3 Å². The topological polar surface area (TPSA) is 69.0 Å². The van der Waals surface area contributed by atoms with Gasteiger partial charge in [-0.2, -0.15) is 5.10 Å². The van der Waals surface area contributed by atoms with Crippen molar-refractivity contribution in [2.24, 2.45) is 0 Å². The van der Waals surface area contributed by atoms with Crippen LogP contribution in [0.4, 0.5) is 0 Å². The minimum atomic E-state index is -0.605. The van der Waals surface area contributed by atoms with Crippen LogP contribution in [-0.4, -0.2) is 57.8 Å². The first kappa shape index (κ1) is 27.7. The van der Waals surface area contributed by atoms with Crippen molar-refractivity contribution >= 4 is 0 Å². The predicted molar refractivity (Wildman–Crippen MR) is 143 cm³/mol. The van der Waals surface area contributed by atoms with Gasteiger partial charge in [0.15, 0.2) is 0 Å². The molecule has 0 saturated heterocycles. The third-order valence-electron chi connectivity index (χ3n) is 5.87. The third kappa shape index (κ3) is 7.56. The molecule has 3 rings (SSSR count). The fourth-order valence-electron chi connectivity index (χ4n) is 3.86. The van der Waals surface area contributed by atoms with E-state index in [-0.39, 0.29) is 18.2 Å². The number of para-hydroxylation sites is 1. The lowest BCUT2D eigenvalue weighted by atomic mass is 10.1. The van der Waals surface area contributed by atoms with E-state index in [4.69, 9.17) is 19.3 Å². The molecule has 0 radical (unpaired) electrons. The van der Waals surface area contributed by atoms with Gasteiger partial charge in [-0.3, -0.25) is 4.90 Å². The first-order valence-corrected chi connectivity index (χ1v) is 12.7. The van der Waals surface area contributed by atoms with E-state index in [1.807, 2.05) is 80.1 Å². The lowest BCUT2D eigenvalue weighted by Gasteiger charge is -2.30. The van der Waals surface area contributed by atoms with Gasteiger partial charge in [-0.25, -0.2) is 4.68 Å². The van der Waals surface area contributed by atoms with Gasteiger partial charge < -0.3 is 19.3 Å². The number of rotatable bonds is 12. The lowest BCUT2D eigenvalue weighted by Crippen LogP contribution is -2.40. The Morgan fingerprint density at radius 2 is 1.64 bits per heavy atom. The Balaban J connectivity index is 1.96. The van der Waals surface area contributed by atoms with Crippen LogP contribution in [0.15, 0.2) is 54.6 Å². The maximum atomic E-state index is 10.7. The van der Waals surface area contributed by atoms with Crippen molar-refractivity contribution < 1.29 is 19.3 Å². The molecule has 1 unspecified atom stereocenters. The molecule has 3 aromatic rings. The smallest absolute Gasteiger partial charge is 0.227 e. The Morgan fingerprint density at radius 3 is 2.19 bits per heavy atom. The second-order valence-corrected chi connectivity index (χ2v) is 10.2. The van der Waals surface area contributed by atoms with E-state index in [1.165, 1.54) is 0 Å². The van der Waals surface area contributed by atoms with E-state index in [0.29, 0.717) is 24.7 Å². The molecular formula is C29H41N3O4. The summed E-state index contributed by atoms with van der Waals surface area (Å²) in [5, 5.41) is 15.7. The quantitative estimate of drug-likeness (QED) is 0.352. The van der Waals surface area contributed by atoms with E-state index in [2.05, 4.69) is 25.7 Å². The van der Waals surface area contributed by atoms with Gasteiger partial charge in [0.2, 0.25) is 5.88 Å². The summed E-state index contributed by atoms with van der Waals surface area (Å²) >= 11 is 0. The van der Waals surface area contributed by atoms with E-state index in [0.717, 1.165) is 29.1 Å². The number of aliphatic hydroxyl groups is 1. The first-order valence-electron chi connectivity index (χ1n) is 12.7. The SMILES string of the molecule is CCc1nn(-c2ccccc2)c(Oc2ccc(OC)cc2)c1CN(CC(O)COC(C)(C)C)C(C)C. The average Bonchev–Trinajstić information content (AvgIpc) is 3.19. The maximum absolute atomic E-state index is 10.7. The van der Waals surface area contributed by atoms with Crippen molar-refractivity contribution in [3.05, 3.63) is 65.9 Å². The van der Waals surface area contributed by atoms with Gasteiger partial charge in [0.1, 0.15) is 11.5 Å². The molecule has 7 heteroatoms. The molecule has 0 spiro atoms. The number of hydrogen-bond acceptors (Lipinski definition) is 6. The molecule has 0 fully saturated rings. The Hall–Kier alpha value is -2.87. The van der Waals surface area contributed by atoms with Gasteiger partial charge in [0.25, 0.3) is 0 Å². The van der Waals surface area contributed by atoms with Crippen molar-refractivity contribution in [1.82, 2.24) is 14.7 Å². The molecule has 7 nitrogen and oxygen atoms in total. The summed E-state index contributed by atoms with van der Waals surface area (Å²) in [4.78, 5) is 2.24. The standard InChI is InChI=1S/C29H41N3O4/c1-8-27-26(19-31(21(2)3)18-23(33)20-35-29(4,5)6)28(32(30-27)22-12-10-9-11-13-22)36-25-16-14-24(34-7)15-17-25/h9-17,21,23,33H,8,18-20H2,1-7H3. The number of benzene rings is 2. The van der Waals surface area contributed by atoms with Crippen LogP contribution in [0.2, 0.25) is 0 Å². The molecule has 0 aliphatic heterocycles. The Morgan fingerprint density at radius 1 is 1.00 bits per heavy atom. The summed E-state index contributed by atoms with van der Waals surface area (Å²) in [6.07, 6.45) is 0.155. The van der Waals surface area contributed by atoms with Crippen LogP contribution in [0.3, 0.4) is 0 Å². The Kier molecular flexibility index (Phi) is 9.54. The van der Waals surface area contributed by atoms with Crippen molar-refractivity contribution in [3.8, 4) is 23.1 Å². The summed E-state index contributed by atoms with van der Waals surface area (Å²) in [5.74, 6) is 2.15. The summed E-state index contributed by atoms with van der Waals surface area (Å²) < 4.78 is 19.5. The number of methoxy groups -OCH3 is 1. The number of aliphatic hydroxyl groups excluding tert-OH is 1. The summed E-state index contributed by atoms with van der Waals surface area (Å²) in [6.45, 7) is 13.7. The van der Waals surface area contributed by atoms with Gasteiger partial charge in [-0.1, -0.05) is 25.1 Å². The fourth-order valence-corrected chi connectivity index (χ4v) is 3.86. The average molecular weight is 496 g/mol. The molecule has 196 valence electrons. The van der Waals surface area contributed by atoms with Crippen molar-refractivity contribution in [3.63, 3.8) is 0 Å². The van der Waals surface area contributed by atoms with Gasteiger partial charge in [-0.05, 0) is 77.4 Å². The predicted octanol–water partition coefficient (Wildman–Crippen LogP) is 5.62. The minimum absolute atomic E-state index is 0.202. The zero-order valence-corrected chi connectivity index (χ0v) is 22.7. The maximum Gasteiger partial charge on any atom is 0.227 e. The normalized spacial score (nSPS) is 12.8. The van der Waals surface area contributed by atoms with Crippen LogP contribution in [0.1, 0.15) is 52.8 Å². The molecule has 1 heterocycles. The van der Waals surface area contributed by atoms with E-state index in [9.17, 15) is 5.11 Å².